The van der Waals surface area contributed by atoms with Crippen LogP contribution in [0.3, 0.4) is 0 Å². The molecule has 5 nitrogen and oxygen atoms in total. The highest BCUT2D eigenvalue weighted by Gasteiger charge is 2.30. The van der Waals surface area contributed by atoms with Crippen LogP contribution in [0.25, 0.3) is 22.2 Å². The van der Waals surface area contributed by atoms with Gasteiger partial charge in [-0.05, 0) is 37.3 Å². The Morgan fingerprint density at radius 3 is 2.39 bits per heavy atom. The van der Waals surface area contributed by atoms with Crippen molar-refractivity contribution in [2.24, 2.45) is 0 Å². The summed E-state index contributed by atoms with van der Waals surface area (Å²) in [6, 6.07) is 8.86. The van der Waals surface area contributed by atoms with Crippen LogP contribution in [-0.4, -0.2) is 35.3 Å². The van der Waals surface area contributed by atoms with Crippen molar-refractivity contribution in [3.8, 4) is 17.0 Å². The average Bonchev–Trinajstić information content (AvgIpc) is 2.72. The summed E-state index contributed by atoms with van der Waals surface area (Å²) in [5.74, 6) is -0.743. The molecule has 0 spiro atoms. The summed E-state index contributed by atoms with van der Waals surface area (Å²) in [6.45, 7) is -1.82. The van der Waals surface area contributed by atoms with Gasteiger partial charge in [-0.1, -0.05) is 12.1 Å². The molecule has 0 fully saturated rings. The molecule has 0 aliphatic carbocycles. The monoisotopic (exact) mass is 440 g/mol. The molecule has 1 heterocycles. The van der Waals surface area contributed by atoms with E-state index in [1.165, 1.54) is 36.4 Å². The number of carbonyl (C=O) groups is 1. The van der Waals surface area contributed by atoms with E-state index in [9.17, 15) is 26.7 Å². The van der Waals surface area contributed by atoms with Gasteiger partial charge in [-0.2, -0.15) is 22.0 Å². The van der Waals surface area contributed by atoms with E-state index in [4.69, 9.17) is 5.11 Å². The average molecular weight is 440 g/mol. The fraction of sp³-hybridized carbons (Fsp3) is 0.238. The standard InChI is InChI=1S/C21H17F5N2O3/c1-11(10-29)27-19(30)13-4-7-15-17(8-13)28-16(9-18(15)31-20(22)23)12-2-5-14(6-3-12)21(24,25)26/h2-9,11,20,29H,10H2,1H3,(H,27,30)/t11-/m1/s1. The van der Waals surface area contributed by atoms with Crippen LogP contribution in [0.2, 0.25) is 0 Å². The molecule has 1 amide bonds. The second-order valence-electron chi connectivity index (χ2n) is 6.75. The summed E-state index contributed by atoms with van der Waals surface area (Å²) in [4.78, 5) is 16.6. The Bertz CT molecular complexity index is 1080. The molecule has 2 N–H and O–H groups in total. The number of rotatable bonds is 6. The molecular formula is C21H17F5N2O3. The van der Waals surface area contributed by atoms with E-state index in [-0.39, 0.29) is 40.1 Å². The molecular weight excluding hydrogens is 423 g/mol. The highest BCUT2D eigenvalue weighted by molar-refractivity contribution is 5.99. The van der Waals surface area contributed by atoms with Crippen molar-refractivity contribution < 1.29 is 36.6 Å². The summed E-state index contributed by atoms with van der Waals surface area (Å²) in [7, 11) is 0. The molecule has 0 aliphatic heterocycles. The number of carbonyl (C=O) groups excluding carboxylic acids is 1. The largest absolute Gasteiger partial charge is 0.434 e. The lowest BCUT2D eigenvalue weighted by Crippen LogP contribution is -2.34. The zero-order valence-corrected chi connectivity index (χ0v) is 16.1. The molecule has 10 heteroatoms. The normalized spacial score (nSPS) is 12.8. The molecule has 3 rings (SSSR count). The molecule has 0 aliphatic rings. The van der Waals surface area contributed by atoms with Crippen LogP contribution in [0.15, 0.2) is 48.5 Å². The van der Waals surface area contributed by atoms with Crippen LogP contribution in [0.1, 0.15) is 22.8 Å². The molecule has 0 saturated heterocycles. The predicted octanol–water partition coefficient (Wildman–Crippen LogP) is 4.63. The number of alkyl halides is 5. The molecule has 0 radical (unpaired) electrons. The Labute approximate surface area is 173 Å². The van der Waals surface area contributed by atoms with Crippen molar-refractivity contribution in [2.45, 2.75) is 25.8 Å². The smallest absolute Gasteiger partial charge is 0.416 e. The third-order valence-electron chi connectivity index (χ3n) is 4.41. The van der Waals surface area contributed by atoms with E-state index >= 15 is 0 Å². The molecule has 0 saturated carbocycles. The summed E-state index contributed by atoms with van der Waals surface area (Å²) in [5.41, 5.74) is -0.223. The van der Waals surface area contributed by atoms with Gasteiger partial charge in [0.2, 0.25) is 0 Å². The van der Waals surface area contributed by atoms with Gasteiger partial charge >= 0.3 is 12.8 Å². The third kappa shape index (κ3) is 5.26. The van der Waals surface area contributed by atoms with Crippen molar-refractivity contribution >= 4 is 16.8 Å². The quantitative estimate of drug-likeness (QED) is 0.549. The minimum Gasteiger partial charge on any atom is -0.434 e. The number of pyridine rings is 1. The fourth-order valence-corrected chi connectivity index (χ4v) is 2.86. The first kappa shape index (κ1) is 22.4. The third-order valence-corrected chi connectivity index (χ3v) is 4.41. The Balaban J connectivity index is 2.08. The topological polar surface area (TPSA) is 71.5 Å². The second kappa shape index (κ2) is 8.84. The van der Waals surface area contributed by atoms with E-state index in [0.29, 0.717) is 0 Å². The van der Waals surface area contributed by atoms with Crippen LogP contribution >= 0.6 is 0 Å². The van der Waals surface area contributed by atoms with Gasteiger partial charge in [-0.3, -0.25) is 4.79 Å². The van der Waals surface area contributed by atoms with Gasteiger partial charge in [0.1, 0.15) is 5.75 Å². The summed E-state index contributed by atoms with van der Waals surface area (Å²) in [5, 5.41) is 11.8. The maximum atomic E-state index is 12.9. The minimum absolute atomic E-state index is 0.0955. The molecule has 0 bridgehead atoms. The number of halogens is 5. The number of benzene rings is 2. The van der Waals surface area contributed by atoms with Crippen molar-refractivity contribution in [3.63, 3.8) is 0 Å². The van der Waals surface area contributed by atoms with Gasteiger partial charge in [0, 0.05) is 28.6 Å². The lowest BCUT2D eigenvalue weighted by atomic mass is 10.0. The van der Waals surface area contributed by atoms with Crippen LogP contribution in [-0.2, 0) is 6.18 Å². The molecule has 0 unspecified atom stereocenters. The van der Waals surface area contributed by atoms with Crippen molar-refractivity contribution in [1.29, 1.82) is 0 Å². The first-order chi connectivity index (χ1) is 14.6. The number of amides is 1. The van der Waals surface area contributed by atoms with Gasteiger partial charge in [-0.25, -0.2) is 4.98 Å². The predicted molar refractivity (Wildman–Crippen MR) is 103 cm³/mol. The molecule has 31 heavy (non-hydrogen) atoms. The number of nitrogens with zero attached hydrogens (tertiary/aromatic N) is 1. The first-order valence-electron chi connectivity index (χ1n) is 9.07. The Morgan fingerprint density at radius 1 is 1.13 bits per heavy atom. The van der Waals surface area contributed by atoms with E-state index < -0.39 is 30.3 Å². The number of hydrogen-bond donors (Lipinski definition) is 2. The van der Waals surface area contributed by atoms with E-state index in [2.05, 4.69) is 15.0 Å². The van der Waals surface area contributed by atoms with E-state index in [0.717, 1.165) is 12.1 Å². The van der Waals surface area contributed by atoms with Crippen molar-refractivity contribution in [1.82, 2.24) is 10.3 Å². The van der Waals surface area contributed by atoms with Gasteiger partial charge < -0.3 is 15.2 Å². The van der Waals surface area contributed by atoms with E-state index in [1.807, 2.05) is 0 Å². The number of nitrogens with one attached hydrogen (secondary N) is 1. The van der Waals surface area contributed by atoms with Crippen LogP contribution in [0.5, 0.6) is 5.75 Å². The van der Waals surface area contributed by atoms with Gasteiger partial charge in [-0.15, -0.1) is 0 Å². The highest BCUT2D eigenvalue weighted by atomic mass is 19.4. The summed E-state index contributed by atoms with van der Waals surface area (Å²) < 4.78 is 68.8. The fourth-order valence-electron chi connectivity index (χ4n) is 2.86. The molecule has 1 aromatic heterocycles. The number of aliphatic hydroxyl groups is 1. The number of aliphatic hydroxyl groups excluding tert-OH is 1. The Morgan fingerprint density at radius 2 is 1.81 bits per heavy atom. The highest BCUT2D eigenvalue weighted by Crippen LogP contribution is 2.34. The zero-order chi connectivity index (χ0) is 22.8. The van der Waals surface area contributed by atoms with Gasteiger partial charge in [0.05, 0.1) is 23.4 Å². The first-order valence-corrected chi connectivity index (χ1v) is 9.07. The van der Waals surface area contributed by atoms with Crippen molar-refractivity contribution in [3.05, 3.63) is 59.7 Å². The van der Waals surface area contributed by atoms with Crippen LogP contribution < -0.4 is 10.1 Å². The Kier molecular flexibility index (Phi) is 6.40. The minimum atomic E-state index is -4.52. The lowest BCUT2D eigenvalue weighted by molar-refractivity contribution is -0.137. The van der Waals surface area contributed by atoms with Gasteiger partial charge in [0.15, 0.2) is 0 Å². The van der Waals surface area contributed by atoms with E-state index in [1.54, 1.807) is 6.92 Å². The van der Waals surface area contributed by atoms with Crippen LogP contribution in [0, 0.1) is 0 Å². The number of fused-ring (bicyclic) bond motifs is 1. The number of aromatic nitrogens is 1. The number of ether oxygens (including phenoxy) is 1. The molecule has 3 aromatic rings. The second-order valence-corrected chi connectivity index (χ2v) is 6.75. The van der Waals surface area contributed by atoms with Crippen molar-refractivity contribution in [2.75, 3.05) is 6.61 Å². The summed E-state index contributed by atoms with van der Waals surface area (Å²) >= 11 is 0. The Hall–Kier alpha value is -3.27. The molecule has 164 valence electrons. The van der Waals surface area contributed by atoms with Crippen LogP contribution in [0.4, 0.5) is 22.0 Å². The maximum Gasteiger partial charge on any atom is 0.416 e. The molecule has 1 atom stereocenters. The SMILES string of the molecule is C[C@H](CO)NC(=O)c1ccc2c(OC(F)F)cc(-c3ccc(C(F)(F)F)cc3)nc2c1. The lowest BCUT2D eigenvalue weighted by Gasteiger charge is -2.14. The zero-order valence-electron chi connectivity index (χ0n) is 16.1. The summed E-state index contributed by atoms with van der Waals surface area (Å²) in [6.07, 6.45) is -4.52. The number of hydrogen-bond acceptors (Lipinski definition) is 4. The molecule has 2 aromatic carbocycles. The van der Waals surface area contributed by atoms with Gasteiger partial charge in [0.25, 0.3) is 5.91 Å². The maximum absolute atomic E-state index is 12.9.